The van der Waals surface area contributed by atoms with E-state index in [1.54, 1.807) is 12.1 Å². The maximum atomic E-state index is 11.6. The minimum atomic E-state index is -0.140. The van der Waals surface area contributed by atoms with Crippen molar-refractivity contribution in [3.63, 3.8) is 0 Å². The second-order valence-corrected chi connectivity index (χ2v) is 4.53. The Labute approximate surface area is 102 Å². The van der Waals surface area contributed by atoms with Crippen LogP contribution >= 0.6 is 0 Å². The minimum Gasteiger partial charge on any atom is -0.399 e. The number of nitrogens with one attached hydrogen (secondary N) is 1. The lowest BCUT2D eigenvalue weighted by molar-refractivity contribution is -0.120. The number of nitrogen functional groups attached to an aromatic ring is 1. The molecule has 0 aromatic heterocycles. The number of amides is 1. The van der Waals surface area contributed by atoms with Crippen LogP contribution in [0.25, 0.3) is 0 Å². The molecular weight excluding hydrogens is 216 g/mol. The van der Waals surface area contributed by atoms with Crippen LogP contribution in [0.2, 0.25) is 0 Å². The average molecular weight is 236 g/mol. The highest BCUT2D eigenvalue weighted by Gasteiger charge is 2.05. The lowest BCUT2D eigenvalue weighted by Gasteiger charge is -2.10. The summed E-state index contributed by atoms with van der Waals surface area (Å²) in [6, 6.07) is 5.38. The highest BCUT2D eigenvalue weighted by Crippen LogP contribution is 2.17. The van der Waals surface area contributed by atoms with Crippen molar-refractivity contribution in [2.75, 3.05) is 24.3 Å². The van der Waals surface area contributed by atoms with Crippen LogP contribution in [0.15, 0.2) is 18.2 Å². The summed E-state index contributed by atoms with van der Waals surface area (Å²) in [4.78, 5) is 11.6. The van der Waals surface area contributed by atoms with Gasteiger partial charge in [-0.1, -0.05) is 13.8 Å². The molecule has 0 heterocycles. The molecule has 3 N–H and O–H groups in total. The predicted octanol–water partition coefficient (Wildman–Crippen LogP) is 2.19. The molecule has 1 amide bonds. The molecule has 0 aliphatic heterocycles. The minimum absolute atomic E-state index is 0.0853. The molecule has 0 fully saturated rings. The lowest BCUT2D eigenvalue weighted by Crippen LogP contribution is -2.20. The maximum absolute atomic E-state index is 11.6. The van der Waals surface area contributed by atoms with Crippen molar-refractivity contribution in [2.45, 2.75) is 20.8 Å². The summed E-state index contributed by atoms with van der Waals surface area (Å²) >= 11 is 0. The van der Waals surface area contributed by atoms with Gasteiger partial charge in [0.1, 0.15) is 6.61 Å². The number of hydrogen-bond acceptors (Lipinski definition) is 3. The molecule has 0 atom stereocenters. The summed E-state index contributed by atoms with van der Waals surface area (Å²) < 4.78 is 5.26. The largest absolute Gasteiger partial charge is 0.399 e. The first-order valence-electron chi connectivity index (χ1n) is 5.72. The van der Waals surface area contributed by atoms with Crippen LogP contribution in [0.1, 0.15) is 19.4 Å². The Morgan fingerprint density at radius 2 is 2.18 bits per heavy atom. The second-order valence-electron chi connectivity index (χ2n) is 4.53. The molecule has 0 saturated carbocycles. The lowest BCUT2D eigenvalue weighted by atomic mass is 10.2. The number of carbonyl (C=O) groups is 1. The third-order valence-electron chi connectivity index (χ3n) is 2.21. The van der Waals surface area contributed by atoms with E-state index in [-0.39, 0.29) is 12.5 Å². The SMILES string of the molecule is Cc1cc(N)ccc1NC(=O)COCC(C)C. The normalized spacial score (nSPS) is 10.6. The fourth-order valence-electron chi connectivity index (χ4n) is 1.40. The molecule has 0 aliphatic carbocycles. The highest BCUT2D eigenvalue weighted by molar-refractivity contribution is 5.92. The van der Waals surface area contributed by atoms with E-state index in [1.165, 1.54) is 0 Å². The van der Waals surface area contributed by atoms with E-state index in [1.807, 2.05) is 26.8 Å². The third-order valence-corrected chi connectivity index (χ3v) is 2.21. The fourth-order valence-corrected chi connectivity index (χ4v) is 1.40. The first kappa shape index (κ1) is 13.5. The van der Waals surface area contributed by atoms with E-state index >= 15 is 0 Å². The smallest absolute Gasteiger partial charge is 0.250 e. The van der Waals surface area contributed by atoms with E-state index < -0.39 is 0 Å². The van der Waals surface area contributed by atoms with E-state index in [0.29, 0.717) is 18.2 Å². The first-order chi connectivity index (χ1) is 7.99. The van der Waals surface area contributed by atoms with Gasteiger partial charge in [0.05, 0.1) is 0 Å². The van der Waals surface area contributed by atoms with Crippen LogP contribution in [0.5, 0.6) is 0 Å². The molecule has 0 bridgehead atoms. The Morgan fingerprint density at radius 1 is 1.47 bits per heavy atom. The molecule has 17 heavy (non-hydrogen) atoms. The van der Waals surface area contributed by atoms with Gasteiger partial charge in [0.25, 0.3) is 0 Å². The van der Waals surface area contributed by atoms with Gasteiger partial charge >= 0.3 is 0 Å². The van der Waals surface area contributed by atoms with Crippen molar-refractivity contribution in [3.05, 3.63) is 23.8 Å². The Kier molecular flexibility index (Phi) is 4.97. The fraction of sp³-hybridized carbons (Fsp3) is 0.462. The number of carbonyl (C=O) groups excluding carboxylic acids is 1. The molecule has 4 nitrogen and oxygen atoms in total. The van der Waals surface area contributed by atoms with Gasteiger partial charge in [-0.2, -0.15) is 0 Å². The number of rotatable bonds is 5. The quantitative estimate of drug-likeness (QED) is 0.770. The molecule has 4 heteroatoms. The van der Waals surface area contributed by atoms with Crippen molar-refractivity contribution >= 4 is 17.3 Å². The van der Waals surface area contributed by atoms with E-state index in [0.717, 1.165) is 11.3 Å². The van der Waals surface area contributed by atoms with Gasteiger partial charge in [-0.15, -0.1) is 0 Å². The maximum Gasteiger partial charge on any atom is 0.250 e. The van der Waals surface area contributed by atoms with Crippen LogP contribution < -0.4 is 11.1 Å². The zero-order valence-electron chi connectivity index (χ0n) is 10.6. The summed E-state index contributed by atoms with van der Waals surface area (Å²) in [6.45, 7) is 6.67. The molecule has 0 spiro atoms. The number of aryl methyl sites for hydroxylation is 1. The van der Waals surface area contributed by atoms with Crippen molar-refractivity contribution in [2.24, 2.45) is 5.92 Å². The number of hydrogen-bond donors (Lipinski definition) is 2. The van der Waals surface area contributed by atoms with Gasteiger partial charge in [0.15, 0.2) is 0 Å². The Balaban J connectivity index is 2.45. The second kappa shape index (κ2) is 6.25. The number of nitrogens with two attached hydrogens (primary N) is 1. The molecule has 0 saturated heterocycles. The highest BCUT2D eigenvalue weighted by atomic mass is 16.5. The number of ether oxygens (including phenoxy) is 1. The van der Waals surface area contributed by atoms with Crippen LogP contribution in [-0.4, -0.2) is 19.1 Å². The zero-order chi connectivity index (χ0) is 12.8. The summed E-state index contributed by atoms with van der Waals surface area (Å²) in [5, 5.41) is 2.79. The first-order valence-corrected chi connectivity index (χ1v) is 5.72. The summed E-state index contributed by atoms with van der Waals surface area (Å²) in [6.07, 6.45) is 0. The monoisotopic (exact) mass is 236 g/mol. The van der Waals surface area contributed by atoms with Crippen LogP contribution in [0.3, 0.4) is 0 Å². The topological polar surface area (TPSA) is 64.3 Å². The Morgan fingerprint density at radius 3 is 2.76 bits per heavy atom. The molecule has 0 unspecified atom stereocenters. The summed E-state index contributed by atoms with van der Waals surface area (Å²) in [7, 11) is 0. The van der Waals surface area contributed by atoms with Crippen molar-refractivity contribution < 1.29 is 9.53 Å². The standard InChI is InChI=1S/C13H20N2O2/c1-9(2)7-17-8-13(16)15-12-5-4-11(14)6-10(12)3/h4-6,9H,7-8,14H2,1-3H3,(H,15,16). The number of anilines is 2. The van der Waals surface area contributed by atoms with Gasteiger partial charge < -0.3 is 15.8 Å². The van der Waals surface area contributed by atoms with Gasteiger partial charge in [-0.3, -0.25) is 4.79 Å². The predicted molar refractivity (Wildman–Crippen MR) is 69.9 cm³/mol. The van der Waals surface area contributed by atoms with Crippen molar-refractivity contribution in [1.82, 2.24) is 0 Å². The molecule has 0 radical (unpaired) electrons. The van der Waals surface area contributed by atoms with Crippen molar-refractivity contribution in [1.29, 1.82) is 0 Å². The average Bonchev–Trinajstić information content (AvgIpc) is 2.21. The molecule has 1 rings (SSSR count). The zero-order valence-corrected chi connectivity index (χ0v) is 10.6. The molecular formula is C13H20N2O2. The molecule has 0 aliphatic rings. The third kappa shape index (κ3) is 4.87. The van der Waals surface area contributed by atoms with Crippen LogP contribution in [-0.2, 0) is 9.53 Å². The van der Waals surface area contributed by atoms with Crippen LogP contribution in [0.4, 0.5) is 11.4 Å². The summed E-state index contributed by atoms with van der Waals surface area (Å²) in [5.74, 6) is 0.291. The van der Waals surface area contributed by atoms with Gasteiger partial charge in [-0.25, -0.2) is 0 Å². The van der Waals surface area contributed by atoms with E-state index in [9.17, 15) is 4.79 Å². The number of benzene rings is 1. The Hall–Kier alpha value is -1.55. The molecule has 94 valence electrons. The Bertz CT molecular complexity index is 389. The summed E-state index contributed by atoms with van der Waals surface area (Å²) in [5.41, 5.74) is 8.05. The van der Waals surface area contributed by atoms with E-state index in [4.69, 9.17) is 10.5 Å². The molecule has 1 aromatic rings. The van der Waals surface area contributed by atoms with Gasteiger partial charge in [0.2, 0.25) is 5.91 Å². The van der Waals surface area contributed by atoms with Crippen LogP contribution in [0, 0.1) is 12.8 Å². The van der Waals surface area contributed by atoms with Gasteiger partial charge in [-0.05, 0) is 36.6 Å². The molecule has 1 aromatic carbocycles. The van der Waals surface area contributed by atoms with Crippen molar-refractivity contribution in [3.8, 4) is 0 Å². The van der Waals surface area contributed by atoms with Gasteiger partial charge in [0, 0.05) is 18.0 Å². The van der Waals surface area contributed by atoms with E-state index in [2.05, 4.69) is 5.32 Å².